The highest BCUT2D eigenvalue weighted by atomic mass is 16.5. The second-order valence-corrected chi connectivity index (χ2v) is 4.17. The van der Waals surface area contributed by atoms with E-state index < -0.39 is 29.3 Å². The Kier molecular flexibility index (Phi) is 6.32. The monoisotopic (exact) mass is 260 g/mol. The zero-order valence-electron chi connectivity index (χ0n) is 10.9. The van der Waals surface area contributed by atoms with E-state index in [-0.39, 0.29) is 13.2 Å². The van der Waals surface area contributed by atoms with Crippen molar-refractivity contribution in [1.82, 2.24) is 5.32 Å². The standard InChI is InChI=1S/C11H20N2O5/c1-4-11(3,10(16)17)6-13-8(14)7(12)9(15)18-5-2/h7H,4-6,12H2,1-3H3,(H,13,14)(H,16,17). The summed E-state index contributed by atoms with van der Waals surface area (Å²) in [5, 5.41) is 11.4. The van der Waals surface area contributed by atoms with Crippen LogP contribution in [0.2, 0.25) is 0 Å². The summed E-state index contributed by atoms with van der Waals surface area (Å²) >= 11 is 0. The summed E-state index contributed by atoms with van der Waals surface area (Å²) in [6.07, 6.45) is 0.345. The number of carbonyl (C=O) groups excluding carboxylic acids is 2. The molecule has 104 valence electrons. The molecule has 0 radical (unpaired) electrons. The molecular formula is C11H20N2O5. The Labute approximate surface area is 106 Å². The van der Waals surface area contributed by atoms with Crippen LogP contribution in [0.3, 0.4) is 0 Å². The van der Waals surface area contributed by atoms with Gasteiger partial charge < -0.3 is 20.9 Å². The van der Waals surface area contributed by atoms with E-state index >= 15 is 0 Å². The average molecular weight is 260 g/mol. The zero-order valence-corrected chi connectivity index (χ0v) is 10.9. The molecule has 0 bridgehead atoms. The van der Waals surface area contributed by atoms with Gasteiger partial charge >= 0.3 is 11.9 Å². The van der Waals surface area contributed by atoms with Crippen LogP contribution in [-0.4, -0.2) is 42.1 Å². The van der Waals surface area contributed by atoms with Crippen LogP contribution in [-0.2, 0) is 19.1 Å². The largest absolute Gasteiger partial charge is 0.481 e. The van der Waals surface area contributed by atoms with Crippen LogP contribution in [0.1, 0.15) is 27.2 Å². The fourth-order valence-electron chi connectivity index (χ4n) is 1.08. The van der Waals surface area contributed by atoms with Gasteiger partial charge in [-0.15, -0.1) is 0 Å². The molecule has 0 saturated carbocycles. The molecule has 7 nitrogen and oxygen atoms in total. The minimum absolute atomic E-state index is 0.0925. The fraction of sp³-hybridized carbons (Fsp3) is 0.727. The Morgan fingerprint density at radius 2 is 1.94 bits per heavy atom. The quantitative estimate of drug-likeness (QED) is 0.419. The highest BCUT2D eigenvalue weighted by Crippen LogP contribution is 2.19. The van der Waals surface area contributed by atoms with Crippen molar-refractivity contribution >= 4 is 17.8 Å². The topological polar surface area (TPSA) is 119 Å². The molecule has 2 unspecified atom stereocenters. The van der Waals surface area contributed by atoms with E-state index in [9.17, 15) is 14.4 Å². The number of nitrogens with one attached hydrogen (secondary N) is 1. The molecule has 4 N–H and O–H groups in total. The number of rotatable bonds is 7. The van der Waals surface area contributed by atoms with E-state index in [0.717, 1.165) is 0 Å². The molecule has 0 aromatic heterocycles. The van der Waals surface area contributed by atoms with Gasteiger partial charge in [-0.25, -0.2) is 4.79 Å². The summed E-state index contributed by atoms with van der Waals surface area (Å²) in [6.45, 7) is 4.84. The van der Waals surface area contributed by atoms with Crippen molar-refractivity contribution in [3.63, 3.8) is 0 Å². The summed E-state index contributed by atoms with van der Waals surface area (Å²) in [5.74, 6) is -2.59. The Morgan fingerprint density at radius 3 is 2.33 bits per heavy atom. The van der Waals surface area contributed by atoms with Crippen molar-refractivity contribution in [3.05, 3.63) is 0 Å². The van der Waals surface area contributed by atoms with Crippen LogP contribution >= 0.6 is 0 Å². The van der Waals surface area contributed by atoms with Crippen LogP contribution < -0.4 is 11.1 Å². The third kappa shape index (κ3) is 4.33. The van der Waals surface area contributed by atoms with Crippen molar-refractivity contribution in [2.45, 2.75) is 33.2 Å². The smallest absolute Gasteiger partial charge is 0.332 e. The highest BCUT2D eigenvalue weighted by molar-refractivity contribution is 6.01. The molecule has 0 aliphatic carbocycles. The van der Waals surface area contributed by atoms with Crippen molar-refractivity contribution in [2.24, 2.45) is 11.1 Å². The van der Waals surface area contributed by atoms with Gasteiger partial charge in [-0.1, -0.05) is 6.92 Å². The maximum atomic E-state index is 11.5. The maximum absolute atomic E-state index is 11.5. The highest BCUT2D eigenvalue weighted by Gasteiger charge is 2.33. The van der Waals surface area contributed by atoms with E-state index in [2.05, 4.69) is 10.1 Å². The lowest BCUT2D eigenvalue weighted by Gasteiger charge is -2.23. The Balaban J connectivity index is 4.41. The van der Waals surface area contributed by atoms with Gasteiger partial charge in [-0.05, 0) is 20.3 Å². The molecule has 0 rings (SSSR count). The van der Waals surface area contributed by atoms with Crippen molar-refractivity contribution in [1.29, 1.82) is 0 Å². The first kappa shape index (κ1) is 16.4. The Bertz CT molecular complexity index is 331. The molecule has 18 heavy (non-hydrogen) atoms. The van der Waals surface area contributed by atoms with Gasteiger partial charge in [0.2, 0.25) is 5.91 Å². The van der Waals surface area contributed by atoms with E-state index in [4.69, 9.17) is 10.8 Å². The summed E-state index contributed by atoms with van der Waals surface area (Å²) in [7, 11) is 0. The number of aliphatic carboxylic acids is 1. The third-order valence-electron chi connectivity index (χ3n) is 2.77. The Morgan fingerprint density at radius 1 is 1.39 bits per heavy atom. The molecule has 0 saturated heterocycles. The van der Waals surface area contributed by atoms with Crippen LogP contribution in [0.15, 0.2) is 0 Å². The van der Waals surface area contributed by atoms with Gasteiger partial charge in [-0.2, -0.15) is 0 Å². The Hall–Kier alpha value is -1.63. The van der Waals surface area contributed by atoms with Crippen molar-refractivity contribution in [3.8, 4) is 0 Å². The van der Waals surface area contributed by atoms with Gasteiger partial charge in [0.15, 0.2) is 6.04 Å². The lowest BCUT2D eigenvalue weighted by molar-refractivity contribution is -0.148. The van der Waals surface area contributed by atoms with Crippen molar-refractivity contribution in [2.75, 3.05) is 13.2 Å². The molecule has 1 amide bonds. The lowest BCUT2D eigenvalue weighted by atomic mass is 9.87. The normalized spacial score (nSPS) is 15.3. The molecular weight excluding hydrogens is 240 g/mol. The number of hydrogen-bond acceptors (Lipinski definition) is 5. The fourth-order valence-corrected chi connectivity index (χ4v) is 1.08. The number of carboxylic acid groups (broad SMARTS) is 1. The molecule has 0 fully saturated rings. The number of esters is 1. The maximum Gasteiger partial charge on any atom is 0.332 e. The first-order chi connectivity index (χ1) is 8.28. The lowest BCUT2D eigenvalue weighted by Crippen LogP contribution is -2.50. The van der Waals surface area contributed by atoms with Gasteiger partial charge in [0.05, 0.1) is 12.0 Å². The average Bonchev–Trinajstić information content (AvgIpc) is 2.34. The number of nitrogens with two attached hydrogens (primary N) is 1. The van der Waals surface area contributed by atoms with E-state index in [1.807, 2.05) is 0 Å². The van der Waals surface area contributed by atoms with Gasteiger partial charge in [0.1, 0.15) is 0 Å². The predicted molar refractivity (Wildman–Crippen MR) is 63.7 cm³/mol. The molecule has 0 aromatic rings. The third-order valence-corrected chi connectivity index (χ3v) is 2.77. The minimum Gasteiger partial charge on any atom is -0.481 e. The number of hydrogen-bond donors (Lipinski definition) is 3. The van der Waals surface area contributed by atoms with Gasteiger partial charge in [0.25, 0.3) is 0 Å². The molecule has 0 aromatic carbocycles. The molecule has 0 aliphatic heterocycles. The number of ether oxygens (including phenoxy) is 1. The van der Waals surface area contributed by atoms with Crippen LogP contribution in [0, 0.1) is 5.41 Å². The summed E-state index contributed by atoms with van der Waals surface area (Å²) in [4.78, 5) is 33.7. The van der Waals surface area contributed by atoms with Gasteiger partial charge in [0, 0.05) is 6.54 Å². The van der Waals surface area contributed by atoms with Crippen LogP contribution in [0.4, 0.5) is 0 Å². The predicted octanol–water partition coefficient (Wildman–Crippen LogP) is -0.506. The molecule has 0 heterocycles. The summed E-state index contributed by atoms with van der Waals surface area (Å²) < 4.78 is 4.59. The molecule has 2 atom stereocenters. The second kappa shape index (κ2) is 6.95. The van der Waals surface area contributed by atoms with Crippen LogP contribution in [0.5, 0.6) is 0 Å². The second-order valence-electron chi connectivity index (χ2n) is 4.17. The van der Waals surface area contributed by atoms with E-state index in [1.54, 1.807) is 13.8 Å². The van der Waals surface area contributed by atoms with E-state index in [1.165, 1.54) is 6.92 Å². The number of carboxylic acids is 1. The summed E-state index contributed by atoms with van der Waals surface area (Å²) in [5.41, 5.74) is 4.28. The zero-order chi connectivity index (χ0) is 14.3. The molecule has 7 heteroatoms. The number of amides is 1. The molecule has 0 aliphatic rings. The van der Waals surface area contributed by atoms with Gasteiger partial charge in [-0.3, -0.25) is 9.59 Å². The summed E-state index contributed by atoms with van der Waals surface area (Å²) in [6, 6.07) is -1.43. The van der Waals surface area contributed by atoms with E-state index in [0.29, 0.717) is 6.42 Å². The van der Waals surface area contributed by atoms with Crippen molar-refractivity contribution < 1.29 is 24.2 Å². The number of carbonyl (C=O) groups is 3. The first-order valence-corrected chi connectivity index (χ1v) is 5.71. The minimum atomic E-state index is -1.43. The SMILES string of the molecule is CCOC(=O)C(N)C(=O)NCC(C)(CC)C(=O)O. The van der Waals surface area contributed by atoms with Crippen LogP contribution in [0.25, 0.3) is 0 Å². The first-order valence-electron chi connectivity index (χ1n) is 5.71. The molecule has 0 spiro atoms.